The molecule has 1 rings (SSSR count). The van der Waals surface area contributed by atoms with Gasteiger partial charge in [0.15, 0.2) is 5.96 Å². The number of amides is 1. The van der Waals surface area contributed by atoms with Crippen molar-refractivity contribution >= 4 is 36.0 Å². The average molecular weight is 526 g/mol. The molecule has 2 N–H and O–H groups in total. The zero-order chi connectivity index (χ0) is 21.2. The van der Waals surface area contributed by atoms with Crippen LogP contribution in [-0.2, 0) is 4.74 Å². The fourth-order valence-corrected chi connectivity index (χ4v) is 3.34. The predicted octanol–water partition coefficient (Wildman–Crippen LogP) is 3.68. The smallest absolute Gasteiger partial charge is 0.410 e. The third-order valence-corrected chi connectivity index (χ3v) is 4.81. The van der Waals surface area contributed by atoms with Crippen LogP contribution in [0.3, 0.4) is 0 Å². The van der Waals surface area contributed by atoms with Gasteiger partial charge in [-0.25, -0.2) is 4.79 Å². The maximum Gasteiger partial charge on any atom is 0.410 e. The lowest BCUT2D eigenvalue weighted by Crippen LogP contribution is -2.49. The number of aliphatic imine (C=N–C) groups is 1. The van der Waals surface area contributed by atoms with E-state index in [2.05, 4.69) is 27.4 Å². The highest BCUT2D eigenvalue weighted by atomic mass is 127. The Kier molecular flexibility index (Phi) is 13.9. The summed E-state index contributed by atoms with van der Waals surface area (Å²) in [5.74, 6) is 0.849. The number of rotatable bonds is 8. The molecule has 0 aromatic carbocycles. The van der Waals surface area contributed by atoms with Gasteiger partial charge in [-0.1, -0.05) is 6.92 Å². The van der Waals surface area contributed by atoms with Gasteiger partial charge in [-0.2, -0.15) is 0 Å². The van der Waals surface area contributed by atoms with Gasteiger partial charge in [0, 0.05) is 45.3 Å². The Morgan fingerprint density at radius 3 is 2.38 bits per heavy atom. The Labute approximate surface area is 195 Å². The quantitative estimate of drug-likeness (QED) is 0.219. The molecule has 0 aliphatic carbocycles. The van der Waals surface area contributed by atoms with Crippen molar-refractivity contribution in [3.63, 3.8) is 0 Å². The monoisotopic (exact) mass is 525 g/mol. The molecule has 8 heteroatoms. The lowest BCUT2D eigenvalue weighted by molar-refractivity contribution is 0.0190. The number of nitrogens with one attached hydrogen (secondary N) is 2. The first kappa shape index (κ1) is 28.2. The molecular weight excluding hydrogens is 481 g/mol. The lowest BCUT2D eigenvalue weighted by atomic mass is 10.1. The fraction of sp³-hybridized carbons (Fsp3) is 0.905. The first-order valence-corrected chi connectivity index (χ1v) is 10.9. The van der Waals surface area contributed by atoms with Gasteiger partial charge in [0.2, 0.25) is 0 Å². The first-order valence-electron chi connectivity index (χ1n) is 10.9. The van der Waals surface area contributed by atoms with E-state index >= 15 is 0 Å². The van der Waals surface area contributed by atoms with Crippen molar-refractivity contribution in [2.45, 2.75) is 84.9 Å². The topological polar surface area (TPSA) is 69.2 Å². The zero-order valence-electron chi connectivity index (χ0n) is 19.6. The normalized spacial score (nSPS) is 16.3. The molecule has 0 saturated carbocycles. The van der Waals surface area contributed by atoms with Gasteiger partial charge >= 0.3 is 6.09 Å². The van der Waals surface area contributed by atoms with Crippen LogP contribution < -0.4 is 10.6 Å². The van der Waals surface area contributed by atoms with Gasteiger partial charge in [-0.05, 0) is 66.8 Å². The summed E-state index contributed by atoms with van der Waals surface area (Å²) in [6.07, 6.45) is 4.12. The summed E-state index contributed by atoms with van der Waals surface area (Å²) in [6, 6.07) is 0.592. The van der Waals surface area contributed by atoms with Gasteiger partial charge in [0.1, 0.15) is 5.60 Å². The molecule has 1 aliphatic heterocycles. The minimum atomic E-state index is -0.471. The lowest BCUT2D eigenvalue weighted by Gasteiger charge is -2.33. The molecule has 29 heavy (non-hydrogen) atoms. The Morgan fingerprint density at radius 1 is 1.28 bits per heavy atom. The largest absolute Gasteiger partial charge is 0.444 e. The molecule has 0 bridgehead atoms. The minimum absolute atomic E-state index is 0. The van der Waals surface area contributed by atoms with Crippen molar-refractivity contribution in [3.8, 4) is 0 Å². The van der Waals surface area contributed by atoms with Crippen LogP contribution in [0.1, 0.15) is 67.2 Å². The van der Waals surface area contributed by atoms with E-state index in [0.29, 0.717) is 12.6 Å². The standard InChI is InChI=1S/C21H43N5O2.HI/c1-8-13-25-15-10-18(11-16-25)24-19(22-7)23-12-9-14-26(17(2)3)20(27)28-21(4,5)6;/h17-18H,8-16H2,1-7H3,(H2,22,23,24);1H. The summed E-state index contributed by atoms with van der Waals surface area (Å²) in [5, 5.41) is 6.92. The van der Waals surface area contributed by atoms with Crippen molar-refractivity contribution < 1.29 is 9.53 Å². The fourth-order valence-electron chi connectivity index (χ4n) is 3.34. The van der Waals surface area contributed by atoms with Gasteiger partial charge < -0.3 is 25.2 Å². The number of hydrogen-bond donors (Lipinski definition) is 2. The van der Waals surface area contributed by atoms with Crippen LogP contribution in [0.15, 0.2) is 4.99 Å². The number of carbonyl (C=O) groups is 1. The number of hydrogen-bond acceptors (Lipinski definition) is 4. The van der Waals surface area contributed by atoms with Crippen LogP contribution in [0.4, 0.5) is 4.79 Å². The molecule has 1 fully saturated rings. The van der Waals surface area contributed by atoms with Gasteiger partial charge in [0.05, 0.1) is 0 Å². The van der Waals surface area contributed by atoms with Crippen molar-refractivity contribution in [1.82, 2.24) is 20.4 Å². The molecule has 7 nitrogen and oxygen atoms in total. The third-order valence-electron chi connectivity index (χ3n) is 4.81. The Balaban J connectivity index is 0.00000784. The molecule has 0 atom stereocenters. The molecule has 0 spiro atoms. The van der Waals surface area contributed by atoms with E-state index in [1.807, 2.05) is 41.7 Å². The van der Waals surface area contributed by atoms with E-state index in [0.717, 1.165) is 44.9 Å². The Hall–Kier alpha value is -0.770. The summed E-state index contributed by atoms with van der Waals surface area (Å²) in [5.41, 5.74) is -0.471. The summed E-state index contributed by atoms with van der Waals surface area (Å²) in [6.45, 7) is 16.9. The number of nitrogens with zero attached hydrogens (tertiary/aromatic N) is 3. The molecule has 0 unspecified atom stereocenters. The second kappa shape index (κ2) is 14.3. The molecule has 0 aromatic rings. The van der Waals surface area contributed by atoms with Crippen LogP contribution >= 0.6 is 24.0 Å². The molecule has 1 saturated heterocycles. The third kappa shape index (κ3) is 11.9. The van der Waals surface area contributed by atoms with Gasteiger partial charge in [-0.15, -0.1) is 24.0 Å². The number of guanidine groups is 1. The summed E-state index contributed by atoms with van der Waals surface area (Å²) >= 11 is 0. The van der Waals surface area contributed by atoms with Crippen molar-refractivity contribution in [1.29, 1.82) is 0 Å². The highest BCUT2D eigenvalue weighted by molar-refractivity contribution is 14.0. The van der Waals surface area contributed by atoms with Crippen LogP contribution in [-0.4, -0.2) is 79.3 Å². The number of halogens is 1. The Morgan fingerprint density at radius 2 is 1.90 bits per heavy atom. The highest BCUT2D eigenvalue weighted by Gasteiger charge is 2.24. The summed E-state index contributed by atoms with van der Waals surface area (Å²) < 4.78 is 5.51. The predicted molar refractivity (Wildman–Crippen MR) is 132 cm³/mol. The second-order valence-electron chi connectivity index (χ2n) is 8.88. The molecule has 1 heterocycles. The SMILES string of the molecule is CCCN1CCC(NC(=NC)NCCCN(C(=O)OC(C)(C)C)C(C)C)CC1.I. The molecule has 172 valence electrons. The highest BCUT2D eigenvalue weighted by Crippen LogP contribution is 2.12. The van der Waals surface area contributed by atoms with E-state index in [1.165, 1.54) is 13.0 Å². The minimum Gasteiger partial charge on any atom is -0.444 e. The van der Waals surface area contributed by atoms with Crippen LogP contribution in [0, 0.1) is 0 Å². The second-order valence-corrected chi connectivity index (χ2v) is 8.88. The maximum absolute atomic E-state index is 12.4. The molecule has 1 amide bonds. The van der Waals surface area contributed by atoms with Crippen LogP contribution in [0.2, 0.25) is 0 Å². The number of ether oxygens (including phenoxy) is 1. The Bertz CT molecular complexity index is 486. The maximum atomic E-state index is 12.4. The molecular formula is C21H44IN5O2. The molecule has 1 aliphatic rings. The average Bonchev–Trinajstić information content (AvgIpc) is 2.60. The van der Waals surface area contributed by atoms with Crippen molar-refractivity contribution in [2.24, 2.45) is 4.99 Å². The number of piperidine rings is 1. The van der Waals surface area contributed by atoms with Crippen molar-refractivity contribution in [2.75, 3.05) is 39.8 Å². The van der Waals surface area contributed by atoms with E-state index in [4.69, 9.17) is 4.74 Å². The first-order chi connectivity index (χ1) is 13.2. The molecule has 0 radical (unpaired) electrons. The summed E-state index contributed by atoms with van der Waals surface area (Å²) in [4.78, 5) is 21.0. The number of carbonyl (C=O) groups excluding carboxylic acids is 1. The van der Waals surface area contributed by atoms with Crippen molar-refractivity contribution in [3.05, 3.63) is 0 Å². The number of likely N-dealkylation sites (tertiary alicyclic amines) is 1. The van der Waals surface area contributed by atoms with E-state index in [1.54, 1.807) is 4.90 Å². The van der Waals surface area contributed by atoms with Crippen LogP contribution in [0.5, 0.6) is 0 Å². The van der Waals surface area contributed by atoms with Gasteiger partial charge in [0.25, 0.3) is 0 Å². The van der Waals surface area contributed by atoms with E-state index in [9.17, 15) is 4.79 Å². The van der Waals surface area contributed by atoms with E-state index < -0.39 is 5.60 Å². The summed E-state index contributed by atoms with van der Waals surface area (Å²) in [7, 11) is 1.81. The van der Waals surface area contributed by atoms with Crippen LogP contribution in [0.25, 0.3) is 0 Å². The zero-order valence-corrected chi connectivity index (χ0v) is 21.9. The van der Waals surface area contributed by atoms with E-state index in [-0.39, 0.29) is 36.1 Å². The molecule has 0 aromatic heterocycles. The van der Waals surface area contributed by atoms with Gasteiger partial charge in [-0.3, -0.25) is 4.99 Å².